The first-order valence-electron chi connectivity index (χ1n) is 5.57. The van der Waals surface area contributed by atoms with Crippen molar-refractivity contribution < 1.29 is 18.6 Å². The molecule has 8 nitrogen and oxygen atoms in total. The van der Waals surface area contributed by atoms with Crippen molar-refractivity contribution in [3.8, 4) is 0 Å². The predicted octanol–water partition coefficient (Wildman–Crippen LogP) is -1.08. The molecule has 104 valence electrons. The minimum atomic E-state index is -3.12. The number of ether oxygens (including phenoxy) is 1. The molecule has 2 atom stereocenters. The number of rotatable bonds is 2. The predicted molar refractivity (Wildman–Crippen MR) is 60.3 cm³/mol. The summed E-state index contributed by atoms with van der Waals surface area (Å²) in [6.45, 7) is -0.464. The maximum Gasteiger partial charge on any atom is 0.296 e. The largest absolute Gasteiger partial charge is 0.394 e. The standard InChI is InChI=1S/C9H12F2N6O2/c10-9(11)1-5(3-18)19-8(9)17-6-2-13-4-16(12)7(6)14-15-17/h2,4-5,8,15,18H,1,3,12H2/t5-,8-/m0/s1. The molecule has 0 aromatic heterocycles. The van der Waals surface area contributed by atoms with Crippen molar-refractivity contribution in [3.05, 3.63) is 11.9 Å². The number of amidine groups is 1. The topological polar surface area (TPSA) is 98.7 Å². The lowest BCUT2D eigenvalue weighted by atomic mass is 10.2. The first-order valence-corrected chi connectivity index (χ1v) is 5.57. The van der Waals surface area contributed by atoms with Gasteiger partial charge in [0, 0.05) is 6.42 Å². The first-order chi connectivity index (χ1) is 9.03. The van der Waals surface area contributed by atoms with Crippen molar-refractivity contribution in [3.63, 3.8) is 0 Å². The summed E-state index contributed by atoms with van der Waals surface area (Å²) in [5.74, 6) is 2.73. The summed E-state index contributed by atoms with van der Waals surface area (Å²) in [5.41, 5.74) is 2.72. The van der Waals surface area contributed by atoms with Crippen LogP contribution in [0.3, 0.4) is 0 Å². The Morgan fingerprint density at radius 2 is 2.42 bits per heavy atom. The van der Waals surface area contributed by atoms with Crippen LogP contribution in [0.15, 0.2) is 22.0 Å². The number of fused-ring (bicyclic) bond motifs is 1. The number of aliphatic hydroxyl groups is 1. The van der Waals surface area contributed by atoms with E-state index in [1.807, 2.05) is 0 Å². The molecule has 0 spiro atoms. The highest BCUT2D eigenvalue weighted by molar-refractivity contribution is 6.05. The molecule has 0 aromatic carbocycles. The second kappa shape index (κ2) is 4.11. The SMILES string of the molecule is NN1C=NC=C2C1=NNN2[C@H]1O[C@H](CO)CC1(F)F. The van der Waals surface area contributed by atoms with E-state index in [4.69, 9.17) is 15.7 Å². The summed E-state index contributed by atoms with van der Waals surface area (Å²) in [6, 6.07) is 0. The van der Waals surface area contributed by atoms with Gasteiger partial charge in [0.05, 0.1) is 18.9 Å². The van der Waals surface area contributed by atoms with E-state index in [0.717, 1.165) is 10.0 Å². The first kappa shape index (κ1) is 12.3. The minimum absolute atomic E-state index is 0.266. The zero-order valence-corrected chi connectivity index (χ0v) is 9.70. The highest BCUT2D eigenvalue weighted by Gasteiger charge is 2.55. The van der Waals surface area contributed by atoms with E-state index in [0.29, 0.717) is 0 Å². The van der Waals surface area contributed by atoms with Gasteiger partial charge in [0.1, 0.15) is 12.0 Å². The number of hydrogen-bond donors (Lipinski definition) is 3. The van der Waals surface area contributed by atoms with Gasteiger partial charge in [0.2, 0.25) is 6.23 Å². The van der Waals surface area contributed by atoms with Gasteiger partial charge in [-0.05, 0) is 0 Å². The number of nitrogens with one attached hydrogen (secondary N) is 1. The van der Waals surface area contributed by atoms with Crippen LogP contribution in [0, 0.1) is 0 Å². The Hall–Kier alpha value is -1.78. The summed E-state index contributed by atoms with van der Waals surface area (Å²) in [7, 11) is 0. The van der Waals surface area contributed by atoms with Crippen LogP contribution < -0.4 is 11.4 Å². The average Bonchev–Trinajstić information content (AvgIpc) is 2.90. The molecule has 0 bridgehead atoms. The van der Waals surface area contributed by atoms with E-state index >= 15 is 0 Å². The van der Waals surface area contributed by atoms with Crippen LogP contribution in [-0.2, 0) is 4.74 Å². The van der Waals surface area contributed by atoms with Gasteiger partial charge < -0.3 is 9.84 Å². The fourth-order valence-electron chi connectivity index (χ4n) is 2.13. The quantitative estimate of drug-likeness (QED) is 0.554. The number of aliphatic imine (C=N–C) groups is 1. The smallest absolute Gasteiger partial charge is 0.296 e. The van der Waals surface area contributed by atoms with E-state index in [2.05, 4.69) is 15.6 Å². The summed E-state index contributed by atoms with van der Waals surface area (Å²) in [5, 5.41) is 14.9. The van der Waals surface area contributed by atoms with Gasteiger partial charge in [0.15, 0.2) is 5.84 Å². The Kier molecular flexibility index (Phi) is 2.66. The Morgan fingerprint density at radius 3 is 3.11 bits per heavy atom. The third-order valence-corrected chi connectivity index (χ3v) is 3.01. The van der Waals surface area contributed by atoms with Gasteiger partial charge in [0.25, 0.3) is 5.92 Å². The second-order valence-electron chi connectivity index (χ2n) is 4.35. The number of aliphatic hydroxyl groups excluding tert-OH is 1. The summed E-state index contributed by atoms with van der Waals surface area (Å²) < 4.78 is 32.9. The molecule has 0 aromatic rings. The molecule has 3 aliphatic rings. The fraction of sp³-hybridized carbons (Fsp3) is 0.556. The molecule has 0 aliphatic carbocycles. The highest BCUT2D eigenvalue weighted by atomic mass is 19.3. The lowest BCUT2D eigenvalue weighted by molar-refractivity contribution is -0.154. The van der Waals surface area contributed by atoms with Crippen molar-refractivity contribution in [2.24, 2.45) is 15.9 Å². The maximum atomic E-state index is 13.9. The van der Waals surface area contributed by atoms with Crippen molar-refractivity contribution >= 4 is 12.2 Å². The molecule has 10 heteroatoms. The Labute approximate surface area is 106 Å². The van der Waals surface area contributed by atoms with Crippen LogP contribution in [-0.4, -0.2) is 52.2 Å². The molecule has 0 unspecified atom stereocenters. The monoisotopic (exact) mass is 274 g/mol. The van der Waals surface area contributed by atoms with Crippen molar-refractivity contribution in [2.45, 2.75) is 24.7 Å². The molecule has 4 N–H and O–H groups in total. The molecule has 3 heterocycles. The van der Waals surface area contributed by atoms with Gasteiger partial charge >= 0.3 is 0 Å². The number of nitrogens with zero attached hydrogens (tertiary/aromatic N) is 4. The van der Waals surface area contributed by atoms with E-state index in [1.54, 1.807) is 0 Å². The molecular weight excluding hydrogens is 262 g/mol. The van der Waals surface area contributed by atoms with Gasteiger partial charge in [-0.15, -0.1) is 5.10 Å². The summed E-state index contributed by atoms with van der Waals surface area (Å²) in [6.07, 6.45) is -0.373. The Bertz CT molecular complexity index is 479. The number of alkyl halides is 2. The van der Waals surface area contributed by atoms with E-state index in [-0.39, 0.29) is 11.5 Å². The number of hydrogen-bond acceptors (Lipinski definition) is 8. The summed E-state index contributed by atoms with van der Waals surface area (Å²) in [4.78, 5) is 3.81. The molecule has 0 amide bonds. The van der Waals surface area contributed by atoms with E-state index in [1.165, 1.54) is 12.5 Å². The van der Waals surface area contributed by atoms with E-state index < -0.39 is 31.3 Å². The Balaban J connectivity index is 1.85. The van der Waals surface area contributed by atoms with Crippen molar-refractivity contribution in [2.75, 3.05) is 6.61 Å². The zero-order valence-electron chi connectivity index (χ0n) is 9.70. The lowest BCUT2D eigenvalue weighted by Crippen LogP contribution is -2.50. The molecule has 0 saturated carbocycles. The van der Waals surface area contributed by atoms with E-state index in [9.17, 15) is 8.78 Å². The highest BCUT2D eigenvalue weighted by Crippen LogP contribution is 2.39. The molecule has 1 fully saturated rings. The van der Waals surface area contributed by atoms with Crippen LogP contribution in [0.25, 0.3) is 0 Å². The third-order valence-electron chi connectivity index (χ3n) is 3.01. The minimum Gasteiger partial charge on any atom is -0.394 e. The molecule has 0 radical (unpaired) electrons. The Morgan fingerprint density at radius 1 is 1.63 bits per heavy atom. The molecule has 3 aliphatic heterocycles. The molecule has 1 saturated heterocycles. The normalized spacial score (nSPS) is 32.0. The van der Waals surface area contributed by atoms with Crippen LogP contribution in [0.5, 0.6) is 0 Å². The fourth-order valence-corrected chi connectivity index (χ4v) is 2.13. The third kappa shape index (κ3) is 1.84. The van der Waals surface area contributed by atoms with Gasteiger partial charge in [-0.25, -0.2) is 35.2 Å². The molecule has 3 rings (SSSR count). The van der Waals surface area contributed by atoms with Crippen LogP contribution in [0.2, 0.25) is 0 Å². The van der Waals surface area contributed by atoms with Crippen molar-refractivity contribution in [1.82, 2.24) is 15.6 Å². The number of nitrogens with two attached hydrogens (primary N) is 1. The van der Waals surface area contributed by atoms with Crippen molar-refractivity contribution in [1.29, 1.82) is 0 Å². The van der Waals surface area contributed by atoms with Gasteiger partial charge in [-0.3, -0.25) is 0 Å². The number of halogens is 2. The number of hydrazone groups is 1. The van der Waals surface area contributed by atoms with Gasteiger partial charge in [-0.2, -0.15) is 0 Å². The average molecular weight is 274 g/mol. The number of hydrazine groups is 2. The zero-order chi connectivity index (χ0) is 13.6. The summed E-state index contributed by atoms with van der Waals surface area (Å²) >= 11 is 0. The van der Waals surface area contributed by atoms with Gasteiger partial charge in [-0.1, -0.05) is 0 Å². The maximum absolute atomic E-state index is 13.9. The van der Waals surface area contributed by atoms with Crippen LogP contribution in [0.1, 0.15) is 6.42 Å². The molecule has 19 heavy (non-hydrogen) atoms. The van der Waals surface area contributed by atoms with Crippen LogP contribution in [0.4, 0.5) is 8.78 Å². The lowest BCUT2D eigenvalue weighted by Gasteiger charge is -2.30. The second-order valence-corrected chi connectivity index (χ2v) is 4.35. The van der Waals surface area contributed by atoms with Crippen LogP contribution >= 0.6 is 0 Å². The molecular formula is C9H12F2N6O2.